The molecule has 0 fully saturated rings. The highest BCUT2D eigenvalue weighted by Gasteiger charge is 2.23. The quantitative estimate of drug-likeness (QED) is 0.375. The van der Waals surface area contributed by atoms with Crippen molar-refractivity contribution in [3.63, 3.8) is 0 Å². The smallest absolute Gasteiger partial charge is 0.296 e. The van der Waals surface area contributed by atoms with Crippen LogP contribution < -0.4 is 5.56 Å². The van der Waals surface area contributed by atoms with Gasteiger partial charge in [-0.05, 0) is 25.5 Å². The maximum atomic E-state index is 13.1. The summed E-state index contributed by atoms with van der Waals surface area (Å²) in [6, 6.07) is 16.0. The second-order valence-corrected chi connectivity index (χ2v) is 6.49. The summed E-state index contributed by atoms with van der Waals surface area (Å²) in [5.41, 5.74) is -0.378. The summed E-state index contributed by atoms with van der Waals surface area (Å²) in [6.45, 7) is 3.17. The van der Waals surface area contributed by atoms with E-state index < -0.39 is 22.4 Å². The molecule has 150 valence electrons. The molecule has 2 aromatic carbocycles. The van der Waals surface area contributed by atoms with Gasteiger partial charge in [-0.3, -0.25) is 19.5 Å². The van der Waals surface area contributed by atoms with Crippen LogP contribution in [0.2, 0.25) is 0 Å². The van der Waals surface area contributed by atoms with Crippen LogP contribution in [0.4, 0.5) is 17.1 Å². The largest absolute Gasteiger partial charge is 0.493 e. The maximum absolute atomic E-state index is 13.1. The van der Waals surface area contributed by atoms with E-state index in [4.69, 9.17) is 0 Å². The van der Waals surface area contributed by atoms with Gasteiger partial charge in [0.15, 0.2) is 11.4 Å². The van der Waals surface area contributed by atoms with E-state index in [2.05, 4.69) is 10.2 Å². The zero-order valence-corrected chi connectivity index (χ0v) is 16.2. The van der Waals surface area contributed by atoms with Gasteiger partial charge < -0.3 is 5.11 Å². The molecular formula is C21H17N5O4. The third-order valence-corrected chi connectivity index (χ3v) is 4.72. The highest BCUT2D eigenvalue weighted by Crippen LogP contribution is 2.32. The van der Waals surface area contributed by atoms with Gasteiger partial charge in [-0.25, -0.2) is 0 Å². The van der Waals surface area contributed by atoms with Crippen molar-refractivity contribution in [3.05, 3.63) is 91.8 Å². The van der Waals surface area contributed by atoms with Crippen LogP contribution in [0.1, 0.15) is 29.7 Å². The number of pyridine rings is 1. The van der Waals surface area contributed by atoms with Crippen LogP contribution in [0.25, 0.3) is 0 Å². The summed E-state index contributed by atoms with van der Waals surface area (Å²) < 4.78 is 1.06. The lowest BCUT2D eigenvalue weighted by Crippen LogP contribution is -2.25. The first-order valence-corrected chi connectivity index (χ1v) is 8.95. The van der Waals surface area contributed by atoms with E-state index >= 15 is 0 Å². The van der Waals surface area contributed by atoms with Gasteiger partial charge in [0, 0.05) is 11.6 Å². The average Bonchev–Trinajstić information content (AvgIpc) is 2.74. The standard InChI is InChI=1S/C21H17N5O4/c1-13-16(12-22)20(27)25(14(2)15-8-4-3-5-9-15)21(28)19(13)24-23-17-10-6-7-11-18(17)26(29)30/h3-11,14,27H,1-2H3. The Hall–Kier alpha value is -4.32. The number of hydrogen-bond donors (Lipinski definition) is 1. The second kappa shape index (κ2) is 8.36. The Bertz CT molecular complexity index is 1240. The van der Waals surface area contributed by atoms with Gasteiger partial charge in [-0.1, -0.05) is 42.5 Å². The Morgan fingerprint density at radius 2 is 1.77 bits per heavy atom. The third-order valence-electron chi connectivity index (χ3n) is 4.72. The Kier molecular flexibility index (Phi) is 5.69. The molecule has 1 N–H and O–H groups in total. The van der Waals surface area contributed by atoms with Crippen LogP contribution in [-0.2, 0) is 0 Å². The molecule has 0 spiro atoms. The molecule has 3 rings (SSSR count). The normalized spacial score (nSPS) is 11.9. The lowest BCUT2D eigenvalue weighted by molar-refractivity contribution is -0.384. The van der Waals surface area contributed by atoms with Crippen LogP contribution in [-0.4, -0.2) is 14.6 Å². The number of benzene rings is 2. The highest BCUT2D eigenvalue weighted by molar-refractivity contribution is 5.59. The van der Waals surface area contributed by atoms with Crippen LogP contribution in [0.5, 0.6) is 5.88 Å². The van der Waals surface area contributed by atoms with E-state index in [1.54, 1.807) is 37.3 Å². The first-order valence-electron chi connectivity index (χ1n) is 8.95. The summed E-state index contributed by atoms with van der Waals surface area (Å²) >= 11 is 0. The molecule has 9 heteroatoms. The van der Waals surface area contributed by atoms with Gasteiger partial charge in [0.25, 0.3) is 11.2 Å². The summed E-state index contributed by atoms with van der Waals surface area (Å²) in [6.07, 6.45) is 0. The topological polar surface area (TPSA) is 134 Å². The van der Waals surface area contributed by atoms with Crippen molar-refractivity contribution >= 4 is 17.1 Å². The molecule has 1 atom stereocenters. The number of nitro benzene ring substituents is 1. The number of hydrogen-bond acceptors (Lipinski definition) is 7. The van der Waals surface area contributed by atoms with Crippen molar-refractivity contribution < 1.29 is 10.0 Å². The van der Waals surface area contributed by atoms with Gasteiger partial charge in [-0.15, -0.1) is 10.2 Å². The summed E-state index contributed by atoms with van der Waals surface area (Å²) in [7, 11) is 0. The van der Waals surface area contributed by atoms with Crippen molar-refractivity contribution in [2.24, 2.45) is 10.2 Å². The number of aromatic nitrogens is 1. The van der Waals surface area contributed by atoms with E-state index in [1.807, 2.05) is 12.1 Å². The fraction of sp³-hybridized carbons (Fsp3) is 0.143. The SMILES string of the molecule is Cc1c(C#N)c(O)n(C(C)c2ccccc2)c(=O)c1N=Nc1ccccc1[N+](=O)[O-]. The molecule has 0 aliphatic rings. The van der Waals surface area contributed by atoms with Crippen molar-refractivity contribution in [2.75, 3.05) is 0 Å². The minimum absolute atomic E-state index is 0.0319. The lowest BCUT2D eigenvalue weighted by Gasteiger charge is -2.19. The van der Waals surface area contributed by atoms with E-state index in [0.717, 1.165) is 10.1 Å². The Morgan fingerprint density at radius 3 is 2.40 bits per heavy atom. The minimum atomic E-state index is -0.664. The summed E-state index contributed by atoms with van der Waals surface area (Å²) in [5, 5.41) is 39.1. The van der Waals surface area contributed by atoms with Gasteiger partial charge in [-0.2, -0.15) is 5.26 Å². The van der Waals surface area contributed by atoms with Crippen molar-refractivity contribution in [3.8, 4) is 11.9 Å². The molecule has 1 heterocycles. The van der Waals surface area contributed by atoms with Crippen molar-refractivity contribution in [1.82, 2.24) is 4.57 Å². The van der Waals surface area contributed by atoms with Gasteiger partial charge in [0.2, 0.25) is 5.88 Å². The predicted octanol–water partition coefficient (Wildman–Crippen LogP) is 4.67. The van der Waals surface area contributed by atoms with Crippen molar-refractivity contribution in [2.45, 2.75) is 19.9 Å². The first-order chi connectivity index (χ1) is 14.4. The number of nitro groups is 1. The molecular weight excluding hydrogens is 386 g/mol. The van der Waals surface area contributed by atoms with E-state index in [1.165, 1.54) is 25.1 Å². The summed E-state index contributed by atoms with van der Waals surface area (Å²) in [4.78, 5) is 23.7. The Labute approximate surface area is 171 Å². The summed E-state index contributed by atoms with van der Waals surface area (Å²) in [5.74, 6) is -0.471. The fourth-order valence-corrected chi connectivity index (χ4v) is 3.08. The zero-order chi connectivity index (χ0) is 21.8. The second-order valence-electron chi connectivity index (χ2n) is 6.49. The third kappa shape index (κ3) is 3.66. The zero-order valence-electron chi connectivity index (χ0n) is 16.2. The molecule has 0 aliphatic carbocycles. The molecule has 3 aromatic rings. The van der Waals surface area contributed by atoms with E-state index in [9.17, 15) is 25.3 Å². The first kappa shape index (κ1) is 20.4. The lowest BCUT2D eigenvalue weighted by atomic mass is 10.1. The van der Waals surface area contributed by atoms with Crippen LogP contribution in [0.3, 0.4) is 0 Å². The Morgan fingerprint density at radius 1 is 1.13 bits per heavy atom. The highest BCUT2D eigenvalue weighted by atomic mass is 16.6. The van der Waals surface area contributed by atoms with Crippen LogP contribution in [0, 0.1) is 28.4 Å². The van der Waals surface area contributed by atoms with Gasteiger partial charge in [0.05, 0.1) is 11.0 Å². The predicted molar refractivity (Wildman–Crippen MR) is 109 cm³/mol. The van der Waals surface area contributed by atoms with Gasteiger partial charge in [0.1, 0.15) is 11.6 Å². The number of nitriles is 1. The molecule has 1 unspecified atom stereocenters. The fourth-order valence-electron chi connectivity index (χ4n) is 3.08. The molecule has 0 amide bonds. The molecule has 0 aliphatic heterocycles. The molecule has 30 heavy (non-hydrogen) atoms. The minimum Gasteiger partial charge on any atom is -0.493 e. The molecule has 1 aromatic heterocycles. The number of para-hydroxylation sites is 1. The maximum Gasteiger partial charge on any atom is 0.296 e. The Balaban J connectivity index is 2.21. The average molecular weight is 403 g/mol. The van der Waals surface area contributed by atoms with Crippen LogP contribution in [0.15, 0.2) is 69.6 Å². The molecule has 0 bridgehead atoms. The van der Waals surface area contributed by atoms with Crippen molar-refractivity contribution in [1.29, 1.82) is 5.26 Å². The monoisotopic (exact) mass is 403 g/mol. The van der Waals surface area contributed by atoms with E-state index in [0.29, 0.717) is 0 Å². The molecule has 0 radical (unpaired) electrons. The number of aromatic hydroxyl groups is 1. The molecule has 0 saturated carbocycles. The number of nitrogens with zero attached hydrogens (tertiary/aromatic N) is 5. The van der Waals surface area contributed by atoms with Crippen LogP contribution >= 0.6 is 0 Å². The van der Waals surface area contributed by atoms with Gasteiger partial charge >= 0.3 is 0 Å². The molecule has 9 nitrogen and oxygen atoms in total. The molecule has 0 saturated heterocycles. The van der Waals surface area contributed by atoms with E-state index in [-0.39, 0.29) is 28.2 Å². The number of azo groups is 1. The number of rotatable bonds is 5.